The molecule has 0 aromatic rings. The Labute approximate surface area is 314 Å². The molecular weight excluding hydrogens is 914 g/mol. The van der Waals surface area contributed by atoms with Crippen LogP contribution in [0.25, 0.3) is 0 Å². The number of rotatable bonds is 22. The van der Waals surface area contributed by atoms with E-state index in [1.165, 1.54) is 43.2 Å². The normalized spacial score (nSPS) is 29.9. The van der Waals surface area contributed by atoms with Crippen molar-refractivity contribution < 1.29 is 112 Å². The molecule has 0 spiro atoms. The van der Waals surface area contributed by atoms with Gasteiger partial charge in [-0.2, -0.15) is 17.2 Å². The van der Waals surface area contributed by atoms with E-state index in [4.69, 9.17) is 48.3 Å². The SMILES string of the molecule is CSS[C@@H](C)OC1C[C@H](C)O[C@@H]1COP(=O)(O)OP(=O)(O)OP(=O)(O)O.CSS[C@H](C)OC1C[C@H](C)O[C@@H]1COP(=O)(O)OP(=O)(O)OP(=O)(O)O. The lowest BCUT2D eigenvalue weighted by Crippen LogP contribution is -2.30. The molecule has 2 aliphatic heterocycles. The molecule has 0 radical (unpaired) electrons. The predicted molar refractivity (Wildman–Crippen MR) is 188 cm³/mol. The summed E-state index contributed by atoms with van der Waals surface area (Å²) in [5.74, 6) is 0. The van der Waals surface area contributed by atoms with Crippen molar-refractivity contribution in [2.75, 3.05) is 25.7 Å². The number of phosphoric acid groups is 6. The molecule has 0 aliphatic carbocycles. The Kier molecular flexibility index (Phi) is 22.5. The van der Waals surface area contributed by atoms with Gasteiger partial charge in [-0.3, -0.25) is 9.05 Å². The first-order chi connectivity index (χ1) is 23.5. The van der Waals surface area contributed by atoms with Crippen molar-refractivity contribution in [2.24, 2.45) is 0 Å². The van der Waals surface area contributed by atoms with Crippen LogP contribution >= 0.6 is 90.1 Å². The number of phosphoric ester groups is 2. The first-order valence-electron chi connectivity index (χ1n) is 14.0. The highest BCUT2D eigenvalue weighted by atomic mass is 33.1. The molecule has 2 heterocycles. The molecule has 6 unspecified atom stereocenters. The topological polar surface area (TPSA) is 357 Å². The number of ether oxygens (including phenoxy) is 4. The van der Waals surface area contributed by atoms with Gasteiger partial charge in [0.2, 0.25) is 0 Å². The molecule has 2 rings (SSSR count). The van der Waals surface area contributed by atoms with E-state index in [1.807, 2.05) is 26.4 Å². The zero-order valence-corrected chi connectivity index (χ0v) is 36.5. The summed E-state index contributed by atoms with van der Waals surface area (Å²) in [4.78, 5) is 71.0. The summed E-state index contributed by atoms with van der Waals surface area (Å²) in [6.07, 6.45) is 1.95. The van der Waals surface area contributed by atoms with Crippen LogP contribution in [0.1, 0.15) is 40.5 Å². The third-order valence-electron chi connectivity index (χ3n) is 5.60. The summed E-state index contributed by atoms with van der Waals surface area (Å²) in [5.41, 5.74) is -0.365. The average Bonchev–Trinajstić information content (AvgIpc) is 3.42. The van der Waals surface area contributed by atoms with Crippen LogP contribution in [-0.2, 0) is 72.6 Å². The highest BCUT2D eigenvalue weighted by Gasteiger charge is 2.44. The Morgan fingerprint density at radius 1 is 0.577 bits per heavy atom. The molecule has 2 fully saturated rings. The quantitative estimate of drug-likeness (QED) is 0.0420. The summed E-state index contributed by atoms with van der Waals surface area (Å²) in [7, 11) is -26.3. The smallest absolute Gasteiger partial charge is 0.370 e. The second-order valence-electron chi connectivity index (χ2n) is 10.2. The maximum absolute atomic E-state index is 11.7. The van der Waals surface area contributed by atoms with E-state index in [0.29, 0.717) is 12.8 Å². The monoisotopic (exact) mass is 956 g/mol. The van der Waals surface area contributed by atoms with E-state index in [2.05, 4.69) is 26.3 Å². The van der Waals surface area contributed by atoms with Gasteiger partial charge >= 0.3 is 46.9 Å². The Morgan fingerprint density at radius 3 is 1.15 bits per heavy atom. The summed E-state index contributed by atoms with van der Waals surface area (Å²) in [6, 6.07) is 0. The molecule has 8 N–H and O–H groups in total. The minimum atomic E-state index is -5.54. The summed E-state index contributed by atoms with van der Waals surface area (Å²) < 4.78 is 113. The first-order valence-corrected chi connectivity index (χ1v) is 28.3. The summed E-state index contributed by atoms with van der Waals surface area (Å²) >= 11 is 0. The molecule has 12 atom stereocenters. The van der Waals surface area contributed by atoms with Crippen molar-refractivity contribution in [1.29, 1.82) is 0 Å². The van der Waals surface area contributed by atoms with Gasteiger partial charge in [0.05, 0.1) is 37.6 Å². The van der Waals surface area contributed by atoms with Crippen LogP contribution in [0.2, 0.25) is 0 Å². The van der Waals surface area contributed by atoms with E-state index in [9.17, 15) is 37.2 Å². The lowest BCUT2D eigenvalue weighted by atomic mass is 10.1. The van der Waals surface area contributed by atoms with Crippen molar-refractivity contribution in [3.63, 3.8) is 0 Å². The molecule has 0 bridgehead atoms. The highest BCUT2D eigenvalue weighted by molar-refractivity contribution is 8.76. The second-order valence-corrected chi connectivity index (χ2v) is 24.6. The van der Waals surface area contributed by atoms with Crippen LogP contribution < -0.4 is 0 Å². The third-order valence-corrected chi connectivity index (χ3v) is 17.1. The van der Waals surface area contributed by atoms with Crippen LogP contribution in [0.4, 0.5) is 0 Å². The average molecular weight is 957 g/mol. The fourth-order valence-corrected chi connectivity index (χ4v) is 13.0. The highest BCUT2D eigenvalue weighted by Crippen LogP contribution is 2.67. The summed E-state index contributed by atoms with van der Waals surface area (Å²) in [6.45, 7) is 6.15. The minimum Gasteiger partial charge on any atom is -0.370 e. The molecule has 0 aromatic heterocycles. The molecule has 0 amide bonds. The van der Waals surface area contributed by atoms with Crippen LogP contribution in [0, 0.1) is 0 Å². The first kappa shape index (κ1) is 52.1. The molecule has 312 valence electrons. The van der Waals surface area contributed by atoms with Gasteiger partial charge in [-0.05, 0) is 40.2 Å². The second kappa shape index (κ2) is 22.4. The lowest BCUT2D eigenvalue weighted by Gasteiger charge is -2.23. The predicted octanol–water partition coefficient (Wildman–Crippen LogP) is 4.50. The molecular formula is C18H42O24P6S4. The standard InChI is InChI=1S/2C9H21O12P3S2/c2*1-6-4-8(19-7(2)26-25-3)9(18-6)5-17-23(13,14)21-24(15,16)20-22(10,11)12/h2*6-9H,4-5H2,1-3H3,(H,13,14)(H,15,16)(H2,10,11,12)/t6-,7+,8?,9+;6-,7-,8?,9+/m00/s1. The summed E-state index contributed by atoms with van der Waals surface area (Å²) in [5, 5.41) is 0. The minimum absolute atomic E-state index is 0.183. The molecule has 24 nitrogen and oxygen atoms in total. The third kappa shape index (κ3) is 23.5. The number of hydrogen-bond acceptors (Lipinski definition) is 20. The molecule has 2 saturated heterocycles. The molecule has 0 aromatic carbocycles. The van der Waals surface area contributed by atoms with Gasteiger partial charge in [0.25, 0.3) is 0 Å². The fraction of sp³-hybridized carbons (Fsp3) is 1.00. The lowest BCUT2D eigenvalue weighted by molar-refractivity contribution is -0.0468. The largest absolute Gasteiger partial charge is 0.490 e. The van der Waals surface area contributed by atoms with Crippen LogP contribution in [0.15, 0.2) is 0 Å². The molecule has 52 heavy (non-hydrogen) atoms. The van der Waals surface area contributed by atoms with E-state index < -0.39 is 84.6 Å². The Balaban J connectivity index is 0.000000520. The maximum atomic E-state index is 11.7. The number of hydrogen-bond donors (Lipinski definition) is 8. The van der Waals surface area contributed by atoms with E-state index >= 15 is 0 Å². The Bertz CT molecular complexity index is 1300. The zero-order valence-electron chi connectivity index (χ0n) is 27.9. The van der Waals surface area contributed by atoms with Crippen LogP contribution in [-0.4, -0.2) is 112 Å². The van der Waals surface area contributed by atoms with Crippen LogP contribution in [0.3, 0.4) is 0 Å². The van der Waals surface area contributed by atoms with Gasteiger partial charge in [-0.25, -0.2) is 27.4 Å². The maximum Gasteiger partial charge on any atom is 0.490 e. The zero-order chi connectivity index (χ0) is 40.3. The molecule has 2 aliphatic rings. The van der Waals surface area contributed by atoms with E-state index in [-0.39, 0.29) is 23.1 Å². The molecule has 34 heteroatoms. The van der Waals surface area contributed by atoms with Crippen molar-refractivity contribution >= 4 is 90.1 Å². The fourth-order valence-electron chi connectivity index (χ4n) is 4.17. The van der Waals surface area contributed by atoms with Crippen molar-refractivity contribution in [3.05, 3.63) is 0 Å². The van der Waals surface area contributed by atoms with Gasteiger partial charge < -0.3 is 58.1 Å². The van der Waals surface area contributed by atoms with Gasteiger partial charge in [-0.1, -0.05) is 43.2 Å². The molecule has 0 saturated carbocycles. The van der Waals surface area contributed by atoms with Crippen molar-refractivity contribution in [1.82, 2.24) is 0 Å². The van der Waals surface area contributed by atoms with Gasteiger partial charge in [0.1, 0.15) is 23.1 Å². The van der Waals surface area contributed by atoms with Crippen LogP contribution in [0.5, 0.6) is 0 Å². The van der Waals surface area contributed by atoms with Gasteiger partial charge in [0.15, 0.2) is 0 Å². The Hall–Kier alpha value is 2.06. The van der Waals surface area contributed by atoms with Crippen molar-refractivity contribution in [2.45, 2.75) is 88.0 Å². The van der Waals surface area contributed by atoms with Crippen molar-refractivity contribution in [3.8, 4) is 0 Å². The van der Waals surface area contributed by atoms with Gasteiger partial charge in [-0.15, -0.1) is 0 Å². The van der Waals surface area contributed by atoms with Gasteiger partial charge in [0, 0.05) is 12.8 Å². The van der Waals surface area contributed by atoms with E-state index in [1.54, 1.807) is 13.8 Å². The van der Waals surface area contributed by atoms with E-state index in [0.717, 1.165) is 0 Å². The Morgan fingerprint density at radius 2 is 0.885 bits per heavy atom.